The molecule has 0 rings (SSSR count). The Morgan fingerprint density at radius 2 is 1.93 bits per heavy atom. The van der Waals surface area contributed by atoms with Crippen LogP contribution in [0.15, 0.2) is 0 Å². The van der Waals surface area contributed by atoms with Gasteiger partial charge in [-0.2, -0.15) is 0 Å². The van der Waals surface area contributed by atoms with E-state index in [-0.39, 0.29) is 11.8 Å². The molecule has 14 heavy (non-hydrogen) atoms. The van der Waals surface area contributed by atoms with Crippen LogP contribution < -0.4 is 5.32 Å². The monoisotopic (exact) mass is 263 g/mol. The van der Waals surface area contributed by atoms with Gasteiger partial charge in [0.05, 0.1) is 0 Å². The smallest absolute Gasteiger partial charge is 0.223 e. The third kappa shape index (κ3) is 5.63. The predicted molar refractivity (Wildman–Crippen MR) is 64.7 cm³/mol. The van der Waals surface area contributed by atoms with Crippen LogP contribution in [0.2, 0.25) is 0 Å². The van der Waals surface area contributed by atoms with Crippen molar-refractivity contribution in [3.63, 3.8) is 0 Å². The van der Waals surface area contributed by atoms with Gasteiger partial charge in [-0.25, -0.2) is 0 Å². The topological polar surface area (TPSA) is 29.1 Å². The molecule has 0 spiro atoms. The summed E-state index contributed by atoms with van der Waals surface area (Å²) in [5, 5.41) is 4.02. The Balaban J connectivity index is 3.71. The highest BCUT2D eigenvalue weighted by Gasteiger charge is 2.13. The van der Waals surface area contributed by atoms with E-state index in [1.54, 1.807) is 0 Å². The minimum Gasteiger partial charge on any atom is -0.356 e. The number of rotatable bonds is 7. The van der Waals surface area contributed by atoms with Gasteiger partial charge in [-0.15, -0.1) is 0 Å². The lowest BCUT2D eigenvalue weighted by Crippen LogP contribution is -2.33. The highest BCUT2D eigenvalue weighted by Crippen LogP contribution is 2.08. The molecule has 0 aliphatic carbocycles. The fourth-order valence-corrected chi connectivity index (χ4v) is 2.15. The number of carbonyl (C=O) groups is 1. The molecule has 0 fully saturated rings. The summed E-state index contributed by atoms with van der Waals surface area (Å²) in [4.78, 5) is 11.6. The molecule has 0 aliphatic rings. The van der Waals surface area contributed by atoms with Gasteiger partial charge < -0.3 is 5.32 Å². The summed E-state index contributed by atoms with van der Waals surface area (Å²) in [6.07, 6.45) is 2.99. The van der Waals surface area contributed by atoms with Crippen molar-refractivity contribution in [2.75, 3.05) is 11.9 Å². The van der Waals surface area contributed by atoms with E-state index in [1.807, 2.05) is 0 Å². The maximum Gasteiger partial charge on any atom is 0.223 e. The Morgan fingerprint density at radius 3 is 2.36 bits per heavy atom. The highest BCUT2D eigenvalue weighted by atomic mass is 79.9. The number of halogens is 1. The first-order valence-electron chi connectivity index (χ1n) is 5.49. The molecule has 0 aromatic rings. The van der Waals surface area contributed by atoms with Crippen molar-refractivity contribution in [3.8, 4) is 0 Å². The van der Waals surface area contributed by atoms with Crippen LogP contribution in [0.5, 0.6) is 0 Å². The molecule has 84 valence electrons. The van der Waals surface area contributed by atoms with Gasteiger partial charge in [0.2, 0.25) is 5.91 Å². The average Bonchev–Trinajstić information content (AvgIpc) is 2.17. The molecular weight excluding hydrogens is 242 g/mol. The Morgan fingerprint density at radius 1 is 1.36 bits per heavy atom. The van der Waals surface area contributed by atoms with Gasteiger partial charge in [-0.1, -0.05) is 36.7 Å². The largest absolute Gasteiger partial charge is 0.356 e. The zero-order chi connectivity index (χ0) is 11.0. The van der Waals surface area contributed by atoms with Crippen LogP contribution in [0.4, 0.5) is 0 Å². The molecule has 1 amide bonds. The summed E-state index contributed by atoms with van der Waals surface area (Å²) < 4.78 is 0. The maximum absolute atomic E-state index is 11.6. The van der Waals surface area contributed by atoms with E-state index in [2.05, 4.69) is 42.0 Å². The second kappa shape index (κ2) is 8.27. The fourth-order valence-electron chi connectivity index (χ4n) is 1.37. The lowest BCUT2D eigenvalue weighted by molar-refractivity contribution is -0.125. The summed E-state index contributed by atoms with van der Waals surface area (Å²) in [5.74, 6) is 0.982. The van der Waals surface area contributed by atoms with E-state index < -0.39 is 0 Å². The van der Waals surface area contributed by atoms with Crippen LogP contribution in [0.25, 0.3) is 0 Å². The number of alkyl halides is 1. The van der Waals surface area contributed by atoms with Crippen molar-refractivity contribution < 1.29 is 4.79 Å². The first-order valence-corrected chi connectivity index (χ1v) is 6.61. The van der Waals surface area contributed by atoms with Crippen molar-refractivity contribution in [2.45, 2.75) is 40.0 Å². The molecule has 3 heteroatoms. The third-order valence-electron chi connectivity index (χ3n) is 2.58. The molecule has 0 saturated heterocycles. The van der Waals surface area contributed by atoms with Gasteiger partial charge in [0.15, 0.2) is 0 Å². The van der Waals surface area contributed by atoms with Crippen molar-refractivity contribution in [3.05, 3.63) is 0 Å². The van der Waals surface area contributed by atoms with Gasteiger partial charge in [0.25, 0.3) is 0 Å². The Kier molecular flexibility index (Phi) is 8.24. The van der Waals surface area contributed by atoms with E-state index in [4.69, 9.17) is 0 Å². The molecule has 0 heterocycles. The molecule has 0 saturated carbocycles. The van der Waals surface area contributed by atoms with Gasteiger partial charge in [0, 0.05) is 17.8 Å². The summed E-state index contributed by atoms with van der Waals surface area (Å²) in [6, 6.07) is 0. The molecule has 0 bridgehead atoms. The molecule has 0 aliphatic heterocycles. The number of hydrogen-bond donors (Lipinski definition) is 1. The number of hydrogen-bond acceptors (Lipinski definition) is 1. The van der Waals surface area contributed by atoms with Gasteiger partial charge in [-0.05, 0) is 25.2 Å². The van der Waals surface area contributed by atoms with Gasteiger partial charge >= 0.3 is 0 Å². The zero-order valence-corrected chi connectivity index (χ0v) is 11.1. The summed E-state index contributed by atoms with van der Waals surface area (Å²) in [6.45, 7) is 7.10. The Bertz CT molecular complexity index is 157. The first kappa shape index (κ1) is 13.9. The van der Waals surface area contributed by atoms with Crippen LogP contribution in [-0.4, -0.2) is 17.8 Å². The van der Waals surface area contributed by atoms with Crippen LogP contribution in [0.1, 0.15) is 40.0 Å². The average molecular weight is 264 g/mol. The molecule has 0 aromatic carbocycles. The third-order valence-corrected chi connectivity index (χ3v) is 3.04. The second-order valence-corrected chi connectivity index (χ2v) is 4.63. The van der Waals surface area contributed by atoms with Gasteiger partial charge in [0.1, 0.15) is 0 Å². The van der Waals surface area contributed by atoms with Crippen LogP contribution in [0.3, 0.4) is 0 Å². The zero-order valence-electron chi connectivity index (χ0n) is 9.48. The van der Waals surface area contributed by atoms with Crippen molar-refractivity contribution in [1.82, 2.24) is 5.32 Å². The summed E-state index contributed by atoms with van der Waals surface area (Å²) >= 11 is 3.40. The summed E-state index contributed by atoms with van der Waals surface area (Å²) in [5.41, 5.74) is 0. The van der Waals surface area contributed by atoms with E-state index in [9.17, 15) is 4.79 Å². The molecule has 1 unspecified atom stereocenters. The molecule has 0 radical (unpaired) electrons. The molecule has 2 nitrogen and oxygen atoms in total. The Labute approximate surface area is 96.0 Å². The SMILES string of the molecule is CCC(CC)C(=O)NCC(C)CCBr. The second-order valence-electron chi connectivity index (χ2n) is 3.84. The minimum absolute atomic E-state index is 0.200. The van der Waals surface area contributed by atoms with Crippen molar-refractivity contribution in [1.29, 1.82) is 0 Å². The van der Waals surface area contributed by atoms with E-state index in [0.717, 1.165) is 31.1 Å². The molecule has 0 aromatic heterocycles. The number of carbonyl (C=O) groups excluding carboxylic acids is 1. The highest BCUT2D eigenvalue weighted by molar-refractivity contribution is 9.09. The van der Waals surface area contributed by atoms with E-state index >= 15 is 0 Å². The maximum atomic E-state index is 11.6. The van der Waals surface area contributed by atoms with E-state index in [0.29, 0.717) is 5.92 Å². The predicted octanol–water partition coefficient (Wildman–Crippen LogP) is 2.96. The normalized spacial score (nSPS) is 12.9. The molecular formula is C11H22BrNO. The standard InChI is InChI=1S/C11H22BrNO/c1-4-10(5-2)11(14)13-8-9(3)6-7-12/h9-10H,4-8H2,1-3H3,(H,13,14). The van der Waals surface area contributed by atoms with Crippen LogP contribution in [0, 0.1) is 11.8 Å². The number of nitrogens with one attached hydrogen (secondary N) is 1. The lowest BCUT2D eigenvalue weighted by atomic mass is 10.0. The van der Waals surface area contributed by atoms with Gasteiger partial charge in [-0.3, -0.25) is 4.79 Å². The molecule has 1 N–H and O–H groups in total. The number of amides is 1. The van der Waals surface area contributed by atoms with E-state index in [1.165, 1.54) is 0 Å². The quantitative estimate of drug-likeness (QED) is 0.704. The lowest BCUT2D eigenvalue weighted by Gasteiger charge is -2.15. The summed E-state index contributed by atoms with van der Waals surface area (Å²) in [7, 11) is 0. The van der Waals surface area contributed by atoms with Crippen molar-refractivity contribution in [2.24, 2.45) is 11.8 Å². The van der Waals surface area contributed by atoms with Crippen molar-refractivity contribution >= 4 is 21.8 Å². The minimum atomic E-state index is 0.200. The van der Waals surface area contributed by atoms with Crippen LogP contribution >= 0.6 is 15.9 Å². The molecule has 1 atom stereocenters. The Hall–Kier alpha value is -0.0500. The fraction of sp³-hybridized carbons (Fsp3) is 0.909. The first-order chi connectivity index (χ1) is 6.65. The van der Waals surface area contributed by atoms with Crippen LogP contribution in [-0.2, 0) is 4.79 Å².